The van der Waals surface area contributed by atoms with E-state index < -0.39 is 75.1 Å². The first-order valence-electron chi connectivity index (χ1n) is 12.5. The van der Waals surface area contributed by atoms with E-state index >= 15 is 4.39 Å². The second-order valence-corrected chi connectivity index (χ2v) is 11.4. The first kappa shape index (κ1) is 25.8. The number of anilines is 1. The van der Waals surface area contributed by atoms with Crippen LogP contribution in [0.3, 0.4) is 0 Å². The Kier molecular flexibility index (Phi) is 6.13. The largest absolute Gasteiger partial charge is 0.472 e. The van der Waals surface area contributed by atoms with Crippen LogP contribution < -0.4 is 16.6 Å². The zero-order valence-electron chi connectivity index (χ0n) is 20.6. The number of rotatable bonds is 2. The van der Waals surface area contributed by atoms with Crippen LogP contribution in [0.5, 0.6) is 0 Å². The first-order chi connectivity index (χ1) is 19.2. The Bertz CT molecular complexity index is 1580. The summed E-state index contributed by atoms with van der Waals surface area (Å²) in [5.74, 6) is -0.404. The van der Waals surface area contributed by atoms with Crippen LogP contribution in [-0.2, 0) is 23.1 Å². The van der Waals surface area contributed by atoms with E-state index in [0.717, 1.165) is 0 Å². The maximum absolute atomic E-state index is 16.0. The molecule has 0 amide bonds. The minimum atomic E-state index is -4.81. The van der Waals surface area contributed by atoms with Gasteiger partial charge in [0.2, 0.25) is 0 Å². The Morgan fingerprint density at radius 3 is 2.77 bits per heavy atom. The minimum absolute atomic E-state index is 0.0141. The molecule has 6 N–H and O–H groups in total. The van der Waals surface area contributed by atoms with E-state index in [4.69, 9.17) is 24.3 Å². The Morgan fingerprint density at radius 2 is 1.93 bits per heavy atom. The number of nitrogens with two attached hydrogens (primary N) is 1. The van der Waals surface area contributed by atoms with Gasteiger partial charge in [-0.15, -0.1) is 0 Å². The number of phosphoric acid groups is 1. The molecule has 0 aromatic carbocycles. The number of imidazole rings is 2. The Morgan fingerprint density at radius 1 is 1.12 bits per heavy atom. The van der Waals surface area contributed by atoms with E-state index in [2.05, 4.69) is 30.2 Å². The second kappa shape index (κ2) is 9.49. The molecule has 0 saturated carbocycles. The predicted octanol–water partition coefficient (Wildman–Crippen LogP) is -0.167. The van der Waals surface area contributed by atoms with Gasteiger partial charge in [0.15, 0.2) is 29.8 Å². The van der Waals surface area contributed by atoms with Crippen molar-refractivity contribution in [2.75, 3.05) is 11.9 Å². The summed E-state index contributed by atoms with van der Waals surface area (Å²) in [5, 5.41) is 14.0. The highest BCUT2D eigenvalue weighted by Crippen LogP contribution is 2.52. The van der Waals surface area contributed by atoms with Crippen molar-refractivity contribution in [1.82, 2.24) is 29.1 Å². The standard InChI is InChI=1S/C21H25FN9O8P/c22-11-8-1-2-9-14(32)15(21(37-9)31-6-28-12-16(23)24-4-25-17(12)31)39-40(34,35)36-3-10(8)38-20(11)30-7-29-13-18(30)26-5-27-19(13)33/h4-11,14-16,20-21,32H,1-3,23H2,(H,24,25)(H,34,35)(H,26,27,33)/t8-,9?,10-,11-,14-,15-,16?,20-,21-/m1/s1. The van der Waals surface area contributed by atoms with E-state index in [1.54, 1.807) is 0 Å². The molecule has 3 unspecified atom stereocenters. The molecule has 0 radical (unpaired) electrons. The third-order valence-corrected chi connectivity index (χ3v) is 8.66. The summed E-state index contributed by atoms with van der Waals surface area (Å²) >= 11 is 0. The number of nitrogens with one attached hydrogen (secondary N) is 2. The lowest BCUT2D eigenvalue weighted by molar-refractivity contribution is -0.0583. The average Bonchev–Trinajstić information content (AvgIpc) is 3.67. The molecule has 3 aromatic rings. The van der Waals surface area contributed by atoms with Crippen LogP contribution in [-0.4, -0.2) is 82.6 Å². The van der Waals surface area contributed by atoms with Crippen molar-refractivity contribution in [2.45, 2.75) is 62.1 Å². The maximum atomic E-state index is 16.0. The average molecular weight is 581 g/mol. The fraction of sp³-hybridized carbons (Fsp3) is 0.571. The molecule has 2 bridgehead atoms. The molecule has 0 aliphatic carbocycles. The number of aromatic nitrogens is 6. The predicted molar refractivity (Wildman–Crippen MR) is 132 cm³/mol. The van der Waals surface area contributed by atoms with Gasteiger partial charge in [-0.05, 0) is 12.8 Å². The van der Waals surface area contributed by atoms with Gasteiger partial charge in [0.25, 0.3) is 5.56 Å². The SMILES string of the molecule is NC1N=CNc2c1ncn2[C@@H]1OC2CC[C@H]3[C@@H](F)[C@H](n4cnc5c(=O)[nH]cnc54)O[C@@H]3COP(=O)(O)O[C@@H]1[C@@H]2O. The fourth-order valence-corrected chi connectivity index (χ4v) is 6.67. The minimum Gasteiger partial charge on any atom is -0.387 e. The lowest BCUT2D eigenvalue weighted by Gasteiger charge is -2.26. The molecule has 0 spiro atoms. The second-order valence-electron chi connectivity index (χ2n) is 9.95. The molecular formula is C21H25FN9O8P. The van der Waals surface area contributed by atoms with Crippen molar-refractivity contribution < 1.29 is 37.5 Å². The van der Waals surface area contributed by atoms with Crippen molar-refractivity contribution in [1.29, 1.82) is 0 Å². The molecule has 7 heterocycles. The van der Waals surface area contributed by atoms with Crippen LogP contribution in [0.2, 0.25) is 0 Å². The van der Waals surface area contributed by atoms with Crippen LogP contribution >= 0.6 is 7.82 Å². The van der Waals surface area contributed by atoms with Crippen LogP contribution in [0.1, 0.15) is 37.2 Å². The van der Waals surface area contributed by atoms with E-state index in [9.17, 15) is 19.4 Å². The lowest BCUT2D eigenvalue weighted by atomic mass is 9.91. The number of aliphatic imine (C=N–C) groups is 1. The number of aromatic amines is 1. The monoisotopic (exact) mass is 581 g/mol. The normalized spacial score (nSPS) is 39.5. The molecule has 3 aromatic heterocycles. The molecule has 7 rings (SSSR count). The van der Waals surface area contributed by atoms with Gasteiger partial charge in [0.1, 0.15) is 29.9 Å². The van der Waals surface area contributed by atoms with Crippen molar-refractivity contribution in [3.8, 4) is 0 Å². The number of aliphatic hydroxyl groups excluding tert-OH is 1. The van der Waals surface area contributed by atoms with Crippen LogP contribution in [0.4, 0.5) is 10.2 Å². The van der Waals surface area contributed by atoms with Crippen LogP contribution in [0.15, 0.2) is 28.8 Å². The lowest BCUT2D eigenvalue weighted by Crippen LogP contribution is -2.34. The highest BCUT2D eigenvalue weighted by atomic mass is 31.2. The summed E-state index contributed by atoms with van der Waals surface area (Å²) in [6.45, 7) is -0.470. The summed E-state index contributed by atoms with van der Waals surface area (Å²) in [4.78, 5) is 41.4. The van der Waals surface area contributed by atoms with Gasteiger partial charge in [0.05, 0.1) is 44.1 Å². The van der Waals surface area contributed by atoms with Crippen molar-refractivity contribution >= 4 is 31.1 Å². The van der Waals surface area contributed by atoms with Gasteiger partial charge in [-0.2, -0.15) is 0 Å². The number of hydrogen-bond acceptors (Lipinski definition) is 13. The molecule has 3 saturated heterocycles. The zero-order valence-corrected chi connectivity index (χ0v) is 21.5. The van der Waals surface area contributed by atoms with E-state index in [-0.39, 0.29) is 24.0 Å². The number of aliphatic hydroxyl groups is 1. The van der Waals surface area contributed by atoms with Gasteiger partial charge >= 0.3 is 7.82 Å². The Hall–Kier alpha value is -3.09. The van der Waals surface area contributed by atoms with Crippen molar-refractivity contribution in [3.63, 3.8) is 0 Å². The van der Waals surface area contributed by atoms with Gasteiger partial charge in [-0.1, -0.05) is 0 Å². The van der Waals surface area contributed by atoms with Gasteiger partial charge in [-0.3, -0.25) is 28.0 Å². The topological polar surface area (TPSA) is 226 Å². The van der Waals surface area contributed by atoms with Gasteiger partial charge in [-0.25, -0.2) is 23.9 Å². The molecule has 10 atom stereocenters. The molecule has 214 valence electrons. The first-order valence-corrected chi connectivity index (χ1v) is 14.0. The van der Waals surface area contributed by atoms with Crippen LogP contribution in [0, 0.1) is 5.92 Å². The zero-order chi connectivity index (χ0) is 27.8. The number of H-pyrrole nitrogens is 1. The molecular weight excluding hydrogens is 556 g/mol. The quantitative estimate of drug-likeness (QED) is 0.248. The summed E-state index contributed by atoms with van der Waals surface area (Å²) in [6.07, 6.45) is -3.68. The van der Waals surface area contributed by atoms with Crippen molar-refractivity contribution in [2.24, 2.45) is 16.6 Å². The summed E-state index contributed by atoms with van der Waals surface area (Å²) in [7, 11) is -4.81. The molecule has 3 fully saturated rings. The third kappa shape index (κ3) is 4.10. The van der Waals surface area contributed by atoms with E-state index in [0.29, 0.717) is 11.5 Å². The highest BCUT2D eigenvalue weighted by Gasteiger charge is 2.53. The van der Waals surface area contributed by atoms with Gasteiger partial charge in [0, 0.05) is 5.92 Å². The Balaban J connectivity index is 1.18. The smallest absolute Gasteiger partial charge is 0.387 e. The maximum Gasteiger partial charge on any atom is 0.472 e. The number of phosphoric ester groups is 1. The van der Waals surface area contributed by atoms with Crippen LogP contribution in [0.25, 0.3) is 11.2 Å². The van der Waals surface area contributed by atoms with E-state index in [1.807, 2.05) is 0 Å². The fourth-order valence-electron chi connectivity index (χ4n) is 5.73. The summed E-state index contributed by atoms with van der Waals surface area (Å²) in [6, 6.07) is 0. The third-order valence-electron chi connectivity index (χ3n) is 7.68. The number of nitrogens with zero attached hydrogens (tertiary/aromatic N) is 6. The summed E-state index contributed by atoms with van der Waals surface area (Å²) < 4.78 is 54.5. The highest BCUT2D eigenvalue weighted by molar-refractivity contribution is 7.47. The Labute approximate surface area is 223 Å². The number of halogens is 1. The number of alkyl halides is 1. The molecule has 40 heavy (non-hydrogen) atoms. The summed E-state index contributed by atoms with van der Waals surface area (Å²) in [5.41, 5.74) is 6.03. The molecule has 19 heteroatoms. The number of fused-ring (bicyclic) bond motifs is 5. The number of hydrogen-bond donors (Lipinski definition) is 5. The van der Waals surface area contributed by atoms with E-state index in [1.165, 1.54) is 34.5 Å². The molecule has 17 nitrogen and oxygen atoms in total. The van der Waals surface area contributed by atoms with Crippen molar-refractivity contribution in [3.05, 3.63) is 35.0 Å². The van der Waals surface area contributed by atoms with Gasteiger partial charge < -0.3 is 35.5 Å². The molecule has 4 aliphatic heterocycles. The number of ether oxygens (including phenoxy) is 2. The molecule has 4 aliphatic rings.